The van der Waals surface area contributed by atoms with Crippen LogP contribution in [0.1, 0.15) is 15.9 Å². The van der Waals surface area contributed by atoms with E-state index in [-0.39, 0.29) is 17.9 Å². The minimum absolute atomic E-state index is 0.180. The number of halogens is 2. The number of hydrogen-bond donors (Lipinski definition) is 2. The fourth-order valence-corrected chi connectivity index (χ4v) is 2.67. The van der Waals surface area contributed by atoms with Gasteiger partial charge in [-0.25, -0.2) is 4.39 Å². The van der Waals surface area contributed by atoms with Crippen molar-refractivity contribution in [2.75, 3.05) is 6.54 Å². The third-order valence-corrected chi connectivity index (χ3v) is 3.97. The monoisotopic (exact) mass is 344 g/mol. The number of carbonyl (C=O) groups excluding carboxylic acids is 2. The Morgan fingerprint density at radius 1 is 1.17 bits per heavy atom. The van der Waals surface area contributed by atoms with Gasteiger partial charge in [0.2, 0.25) is 0 Å². The number of aromatic amines is 1. The van der Waals surface area contributed by atoms with Crippen molar-refractivity contribution in [1.29, 1.82) is 0 Å². The Labute approximate surface area is 142 Å². The summed E-state index contributed by atoms with van der Waals surface area (Å²) < 4.78 is 13.5. The highest BCUT2D eigenvalue weighted by Gasteiger charge is 2.19. The Morgan fingerprint density at radius 3 is 2.75 bits per heavy atom. The van der Waals surface area contributed by atoms with E-state index in [2.05, 4.69) is 10.3 Å². The molecule has 24 heavy (non-hydrogen) atoms. The first kappa shape index (κ1) is 16.2. The molecule has 0 aliphatic carbocycles. The molecule has 0 unspecified atom stereocenters. The van der Waals surface area contributed by atoms with E-state index in [1.165, 1.54) is 12.3 Å². The number of benzene rings is 2. The normalized spacial score (nSPS) is 10.8. The van der Waals surface area contributed by atoms with E-state index in [9.17, 15) is 14.0 Å². The van der Waals surface area contributed by atoms with Crippen LogP contribution in [0.2, 0.25) is 5.02 Å². The van der Waals surface area contributed by atoms with Gasteiger partial charge in [0.15, 0.2) is 0 Å². The van der Waals surface area contributed by atoms with Crippen LogP contribution in [0.4, 0.5) is 4.39 Å². The Balaban J connectivity index is 1.66. The molecule has 0 radical (unpaired) electrons. The van der Waals surface area contributed by atoms with Crippen LogP contribution in [0, 0.1) is 5.82 Å². The third-order valence-electron chi connectivity index (χ3n) is 3.73. The predicted molar refractivity (Wildman–Crippen MR) is 90.8 cm³/mol. The lowest BCUT2D eigenvalue weighted by Gasteiger charge is -2.05. The molecule has 0 aliphatic rings. The van der Waals surface area contributed by atoms with Gasteiger partial charge in [-0.3, -0.25) is 9.59 Å². The Hall–Kier alpha value is -2.66. The number of amides is 1. The maximum atomic E-state index is 13.5. The van der Waals surface area contributed by atoms with E-state index in [1.807, 2.05) is 0 Å². The van der Waals surface area contributed by atoms with E-state index in [0.717, 1.165) is 0 Å². The molecule has 6 heteroatoms. The third kappa shape index (κ3) is 3.31. The molecule has 3 aromatic rings. The highest BCUT2D eigenvalue weighted by atomic mass is 35.5. The van der Waals surface area contributed by atoms with Crippen molar-refractivity contribution in [1.82, 2.24) is 10.3 Å². The smallest absolute Gasteiger partial charge is 0.292 e. The second kappa shape index (κ2) is 6.84. The van der Waals surface area contributed by atoms with Crippen molar-refractivity contribution in [2.24, 2.45) is 0 Å². The molecule has 0 aliphatic heterocycles. The van der Waals surface area contributed by atoms with Crippen LogP contribution < -0.4 is 5.32 Å². The predicted octanol–water partition coefficient (Wildman–Crippen LogP) is 3.50. The van der Waals surface area contributed by atoms with Gasteiger partial charge in [-0.1, -0.05) is 35.9 Å². The molecule has 4 nitrogen and oxygen atoms in total. The second-order valence-corrected chi connectivity index (χ2v) is 5.76. The lowest BCUT2D eigenvalue weighted by Crippen LogP contribution is -2.32. The molecule has 1 aromatic heterocycles. The number of aromatic nitrogens is 1. The fourth-order valence-electron chi connectivity index (χ4n) is 2.50. The van der Waals surface area contributed by atoms with Gasteiger partial charge in [0, 0.05) is 28.7 Å². The SMILES string of the molecule is O=C(NCCc1ccccc1F)C(=O)c1c[nH]c2cc(Cl)ccc12. The second-order valence-electron chi connectivity index (χ2n) is 5.32. The number of H-pyrrole nitrogens is 1. The number of ketones is 1. The lowest BCUT2D eigenvalue weighted by atomic mass is 10.1. The van der Waals surface area contributed by atoms with Gasteiger partial charge in [-0.2, -0.15) is 0 Å². The van der Waals surface area contributed by atoms with Crippen LogP contribution in [0.5, 0.6) is 0 Å². The zero-order valence-electron chi connectivity index (χ0n) is 12.6. The molecule has 0 atom stereocenters. The summed E-state index contributed by atoms with van der Waals surface area (Å²) in [5, 5.41) is 3.70. The molecular weight excluding hydrogens is 331 g/mol. The molecule has 0 saturated heterocycles. The zero-order chi connectivity index (χ0) is 17.1. The maximum absolute atomic E-state index is 13.5. The van der Waals surface area contributed by atoms with E-state index in [0.29, 0.717) is 27.9 Å². The zero-order valence-corrected chi connectivity index (χ0v) is 13.4. The van der Waals surface area contributed by atoms with E-state index in [1.54, 1.807) is 36.4 Å². The largest absolute Gasteiger partial charge is 0.360 e. The highest BCUT2D eigenvalue weighted by molar-refractivity contribution is 6.45. The van der Waals surface area contributed by atoms with Crippen LogP contribution in [-0.2, 0) is 11.2 Å². The standard InChI is InChI=1S/C18H14ClFN2O2/c19-12-5-6-13-14(10-22-16(13)9-12)17(23)18(24)21-8-7-11-3-1-2-4-15(11)20/h1-6,9-10,22H,7-8H2,(H,21,24). The van der Waals surface area contributed by atoms with Crippen LogP contribution >= 0.6 is 11.6 Å². The summed E-state index contributed by atoms with van der Waals surface area (Å²) >= 11 is 5.89. The molecule has 1 amide bonds. The van der Waals surface area contributed by atoms with Gasteiger partial charge >= 0.3 is 0 Å². The van der Waals surface area contributed by atoms with Crippen molar-refractivity contribution in [3.05, 3.63) is 70.6 Å². The number of nitrogens with one attached hydrogen (secondary N) is 2. The molecule has 0 fully saturated rings. The number of carbonyl (C=O) groups is 2. The summed E-state index contributed by atoms with van der Waals surface area (Å²) in [6.07, 6.45) is 1.80. The van der Waals surface area contributed by atoms with Crippen LogP contribution in [0.15, 0.2) is 48.7 Å². The highest BCUT2D eigenvalue weighted by Crippen LogP contribution is 2.22. The maximum Gasteiger partial charge on any atom is 0.292 e. The molecular formula is C18H14ClFN2O2. The van der Waals surface area contributed by atoms with Crippen molar-refractivity contribution in [2.45, 2.75) is 6.42 Å². The number of Topliss-reactive ketones (excluding diaryl/α,β-unsaturated/α-hetero) is 1. The summed E-state index contributed by atoms with van der Waals surface area (Å²) in [6.45, 7) is 0.180. The topological polar surface area (TPSA) is 62.0 Å². The van der Waals surface area contributed by atoms with Crippen molar-refractivity contribution >= 4 is 34.2 Å². The number of rotatable bonds is 5. The average molecular weight is 345 g/mol. The molecule has 3 rings (SSSR count). The van der Waals surface area contributed by atoms with Crippen LogP contribution in [0.25, 0.3) is 10.9 Å². The van der Waals surface area contributed by atoms with Gasteiger partial charge in [-0.05, 0) is 30.2 Å². The van der Waals surface area contributed by atoms with Crippen LogP contribution in [0.3, 0.4) is 0 Å². The molecule has 2 aromatic carbocycles. The first-order chi connectivity index (χ1) is 11.6. The van der Waals surface area contributed by atoms with Crippen molar-refractivity contribution in [3.63, 3.8) is 0 Å². The fraction of sp³-hybridized carbons (Fsp3) is 0.111. The molecule has 0 saturated carbocycles. The van der Waals surface area contributed by atoms with Gasteiger partial charge in [-0.15, -0.1) is 0 Å². The van der Waals surface area contributed by atoms with Gasteiger partial charge in [0.05, 0.1) is 5.56 Å². The summed E-state index contributed by atoms with van der Waals surface area (Å²) in [7, 11) is 0. The molecule has 2 N–H and O–H groups in total. The molecule has 1 heterocycles. The Morgan fingerprint density at radius 2 is 1.96 bits per heavy atom. The number of hydrogen-bond acceptors (Lipinski definition) is 2. The minimum Gasteiger partial charge on any atom is -0.360 e. The minimum atomic E-state index is -0.720. The Kier molecular flexibility index (Phi) is 4.62. The molecule has 0 spiro atoms. The quantitative estimate of drug-likeness (QED) is 0.549. The molecule has 122 valence electrons. The van der Waals surface area contributed by atoms with E-state index < -0.39 is 11.7 Å². The van der Waals surface area contributed by atoms with Crippen molar-refractivity contribution < 1.29 is 14.0 Å². The summed E-state index contributed by atoms with van der Waals surface area (Å²) in [5.74, 6) is -1.69. The van der Waals surface area contributed by atoms with E-state index >= 15 is 0 Å². The number of fused-ring (bicyclic) bond motifs is 1. The van der Waals surface area contributed by atoms with Gasteiger partial charge < -0.3 is 10.3 Å². The van der Waals surface area contributed by atoms with Gasteiger partial charge in [0.1, 0.15) is 5.82 Å². The summed E-state index contributed by atoms with van der Waals surface area (Å²) in [4.78, 5) is 27.2. The lowest BCUT2D eigenvalue weighted by molar-refractivity contribution is -0.116. The van der Waals surface area contributed by atoms with Crippen LogP contribution in [-0.4, -0.2) is 23.2 Å². The Bertz CT molecular complexity index is 920. The first-order valence-electron chi connectivity index (χ1n) is 7.39. The van der Waals surface area contributed by atoms with E-state index in [4.69, 9.17) is 11.6 Å². The first-order valence-corrected chi connectivity index (χ1v) is 7.76. The molecule has 0 bridgehead atoms. The average Bonchev–Trinajstić information content (AvgIpc) is 2.98. The summed E-state index contributed by atoms with van der Waals surface area (Å²) in [6, 6.07) is 11.4. The van der Waals surface area contributed by atoms with Crippen molar-refractivity contribution in [3.8, 4) is 0 Å². The van der Waals surface area contributed by atoms with Gasteiger partial charge in [0.25, 0.3) is 11.7 Å². The summed E-state index contributed by atoms with van der Waals surface area (Å²) in [5.41, 5.74) is 1.46.